The van der Waals surface area contributed by atoms with Gasteiger partial charge in [0.2, 0.25) is 0 Å². The molecule has 0 amide bonds. The lowest BCUT2D eigenvalue weighted by Crippen LogP contribution is -2.42. The molecule has 1 aliphatic heterocycles. The minimum Gasteiger partial charge on any atom is -0.497 e. The van der Waals surface area contributed by atoms with Crippen LogP contribution >= 0.6 is 0 Å². The number of allylic oxidation sites excluding steroid dienone is 3. The summed E-state index contributed by atoms with van der Waals surface area (Å²) in [6.45, 7) is 2.07. The first-order valence-corrected chi connectivity index (χ1v) is 11.4. The molecule has 0 bridgehead atoms. The Balaban J connectivity index is 1.70. The SMILES string of the molecule is C/C=C/CC1(n2nnc3ccccc32)C2=C(Oc3ccccc31)c1ccc(OC)cc1CC2. The van der Waals surface area contributed by atoms with Crippen molar-refractivity contribution in [3.8, 4) is 11.5 Å². The number of aryl methyl sites for hydroxylation is 1. The van der Waals surface area contributed by atoms with E-state index in [2.05, 4.69) is 71.3 Å². The molecule has 3 aromatic carbocycles. The van der Waals surface area contributed by atoms with Crippen LogP contribution in [0.25, 0.3) is 16.8 Å². The molecule has 0 spiro atoms. The first kappa shape index (κ1) is 19.8. The van der Waals surface area contributed by atoms with Crippen LogP contribution < -0.4 is 9.47 Å². The van der Waals surface area contributed by atoms with Crippen molar-refractivity contribution >= 4 is 16.8 Å². The third-order valence-electron chi connectivity index (χ3n) is 6.88. The van der Waals surface area contributed by atoms with Gasteiger partial charge in [0, 0.05) is 16.7 Å². The Morgan fingerprint density at radius 2 is 1.91 bits per heavy atom. The zero-order valence-corrected chi connectivity index (χ0v) is 18.8. The van der Waals surface area contributed by atoms with Gasteiger partial charge in [-0.25, -0.2) is 4.68 Å². The van der Waals surface area contributed by atoms with Gasteiger partial charge in [0.05, 0.1) is 12.6 Å². The molecule has 33 heavy (non-hydrogen) atoms. The third kappa shape index (κ3) is 2.85. The van der Waals surface area contributed by atoms with Crippen molar-refractivity contribution in [2.75, 3.05) is 7.11 Å². The van der Waals surface area contributed by atoms with Crippen molar-refractivity contribution in [1.82, 2.24) is 15.0 Å². The molecule has 0 saturated heterocycles. The van der Waals surface area contributed by atoms with Gasteiger partial charge in [-0.2, -0.15) is 0 Å². The van der Waals surface area contributed by atoms with E-state index in [0.29, 0.717) is 0 Å². The molecular weight excluding hydrogens is 410 g/mol. The molecular formula is C28H25N3O2. The van der Waals surface area contributed by atoms with Crippen LogP contribution in [0, 0.1) is 0 Å². The number of fused-ring (bicyclic) bond motifs is 4. The fraction of sp³-hybridized carbons (Fsp3) is 0.214. The Labute approximate surface area is 193 Å². The average molecular weight is 436 g/mol. The van der Waals surface area contributed by atoms with E-state index < -0.39 is 5.54 Å². The Hall–Kier alpha value is -3.86. The smallest absolute Gasteiger partial charge is 0.136 e. The van der Waals surface area contributed by atoms with Gasteiger partial charge in [-0.3, -0.25) is 0 Å². The van der Waals surface area contributed by atoms with Crippen molar-refractivity contribution in [2.24, 2.45) is 0 Å². The summed E-state index contributed by atoms with van der Waals surface area (Å²) in [6.07, 6.45) is 6.89. The number of para-hydroxylation sites is 2. The summed E-state index contributed by atoms with van der Waals surface area (Å²) in [5, 5.41) is 9.27. The van der Waals surface area contributed by atoms with Crippen LogP contribution in [-0.2, 0) is 12.0 Å². The first-order valence-electron chi connectivity index (χ1n) is 11.4. The van der Waals surface area contributed by atoms with E-state index in [1.807, 2.05) is 24.3 Å². The van der Waals surface area contributed by atoms with E-state index in [1.54, 1.807) is 7.11 Å². The zero-order valence-electron chi connectivity index (χ0n) is 18.8. The maximum atomic E-state index is 6.63. The molecule has 1 aliphatic carbocycles. The number of hydrogen-bond donors (Lipinski definition) is 0. The second-order valence-electron chi connectivity index (χ2n) is 8.55. The van der Waals surface area contributed by atoms with Gasteiger partial charge >= 0.3 is 0 Å². The molecule has 0 fully saturated rings. The molecule has 1 aromatic heterocycles. The number of hydrogen-bond acceptors (Lipinski definition) is 4. The van der Waals surface area contributed by atoms with Gasteiger partial charge in [-0.1, -0.05) is 47.7 Å². The van der Waals surface area contributed by atoms with Gasteiger partial charge in [0.15, 0.2) is 0 Å². The molecule has 0 saturated carbocycles. The topological polar surface area (TPSA) is 49.2 Å². The number of rotatable bonds is 4. The fourth-order valence-corrected chi connectivity index (χ4v) is 5.34. The Morgan fingerprint density at radius 1 is 1.06 bits per heavy atom. The standard InChI is InChI=1S/C28H25N3O2/c1-3-4-17-28(31-25-11-7-6-10-24(25)29-30-31)22-9-5-8-12-26(22)33-27-21-15-14-20(32-2)18-19(21)13-16-23(27)28/h3-12,14-15,18H,13,16-17H2,1-2H3/b4-3+. The molecule has 1 atom stereocenters. The molecule has 164 valence electrons. The van der Waals surface area contributed by atoms with Gasteiger partial charge < -0.3 is 9.47 Å². The van der Waals surface area contributed by atoms with Gasteiger partial charge in [-0.05, 0) is 68.1 Å². The van der Waals surface area contributed by atoms with E-state index in [4.69, 9.17) is 14.7 Å². The highest BCUT2D eigenvalue weighted by Gasteiger charge is 2.47. The lowest BCUT2D eigenvalue weighted by atomic mass is 9.71. The minimum absolute atomic E-state index is 0.523. The molecule has 5 nitrogen and oxygen atoms in total. The van der Waals surface area contributed by atoms with Crippen LogP contribution in [0.2, 0.25) is 0 Å². The normalized spacial score (nSPS) is 19.2. The Morgan fingerprint density at radius 3 is 2.79 bits per heavy atom. The van der Waals surface area contributed by atoms with E-state index in [0.717, 1.165) is 58.7 Å². The summed E-state index contributed by atoms with van der Waals surface area (Å²) >= 11 is 0. The second-order valence-corrected chi connectivity index (χ2v) is 8.55. The van der Waals surface area contributed by atoms with Crippen molar-refractivity contribution in [3.05, 3.63) is 101 Å². The Bertz CT molecular complexity index is 1430. The summed E-state index contributed by atoms with van der Waals surface area (Å²) < 4.78 is 14.2. The van der Waals surface area contributed by atoms with Gasteiger partial charge in [0.25, 0.3) is 0 Å². The van der Waals surface area contributed by atoms with Crippen LogP contribution in [0.1, 0.15) is 36.5 Å². The van der Waals surface area contributed by atoms with Gasteiger partial charge in [-0.15, -0.1) is 5.10 Å². The van der Waals surface area contributed by atoms with Crippen LogP contribution in [0.5, 0.6) is 11.5 Å². The third-order valence-corrected chi connectivity index (χ3v) is 6.88. The summed E-state index contributed by atoms with van der Waals surface area (Å²) in [5.41, 5.74) is 6.12. The maximum Gasteiger partial charge on any atom is 0.136 e. The van der Waals surface area contributed by atoms with Crippen LogP contribution in [0.4, 0.5) is 0 Å². The number of methoxy groups -OCH3 is 1. The summed E-state index contributed by atoms with van der Waals surface area (Å²) in [7, 11) is 1.71. The van der Waals surface area contributed by atoms with Crippen molar-refractivity contribution < 1.29 is 9.47 Å². The predicted molar refractivity (Wildman–Crippen MR) is 129 cm³/mol. The fourth-order valence-electron chi connectivity index (χ4n) is 5.34. The molecule has 2 heterocycles. The lowest BCUT2D eigenvalue weighted by Gasteiger charge is -2.43. The predicted octanol–water partition coefficient (Wildman–Crippen LogP) is 5.90. The van der Waals surface area contributed by atoms with Crippen LogP contribution in [-0.4, -0.2) is 22.1 Å². The lowest BCUT2D eigenvalue weighted by molar-refractivity contribution is 0.328. The summed E-state index contributed by atoms with van der Waals surface area (Å²) in [5.74, 6) is 2.67. The van der Waals surface area contributed by atoms with E-state index in [-0.39, 0.29) is 0 Å². The van der Waals surface area contributed by atoms with Crippen molar-refractivity contribution in [3.63, 3.8) is 0 Å². The minimum atomic E-state index is -0.523. The molecule has 5 heteroatoms. The van der Waals surface area contributed by atoms with Crippen LogP contribution in [0.15, 0.2) is 84.5 Å². The molecule has 0 radical (unpaired) electrons. The summed E-state index contributed by atoms with van der Waals surface area (Å²) in [6, 6.07) is 22.8. The monoisotopic (exact) mass is 435 g/mol. The molecule has 6 rings (SSSR count). The molecule has 4 aromatic rings. The highest BCUT2D eigenvalue weighted by atomic mass is 16.5. The van der Waals surface area contributed by atoms with E-state index in [1.165, 1.54) is 11.1 Å². The van der Waals surface area contributed by atoms with Crippen molar-refractivity contribution in [1.29, 1.82) is 0 Å². The number of benzene rings is 3. The van der Waals surface area contributed by atoms with Crippen LogP contribution in [0.3, 0.4) is 0 Å². The number of ether oxygens (including phenoxy) is 2. The van der Waals surface area contributed by atoms with Gasteiger partial charge in [0.1, 0.15) is 28.3 Å². The largest absolute Gasteiger partial charge is 0.497 e. The zero-order chi connectivity index (χ0) is 22.4. The maximum absolute atomic E-state index is 6.63. The Kier molecular flexibility index (Phi) is 4.57. The first-order chi connectivity index (χ1) is 16.3. The number of nitrogens with zero attached hydrogens (tertiary/aromatic N) is 3. The molecule has 0 N–H and O–H groups in total. The van der Waals surface area contributed by atoms with E-state index >= 15 is 0 Å². The summed E-state index contributed by atoms with van der Waals surface area (Å²) in [4.78, 5) is 0. The molecule has 2 aliphatic rings. The molecule has 1 unspecified atom stereocenters. The van der Waals surface area contributed by atoms with Crippen molar-refractivity contribution in [2.45, 2.75) is 31.7 Å². The quantitative estimate of drug-likeness (QED) is 0.375. The second kappa shape index (κ2) is 7.62. The average Bonchev–Trinajstić information content (AvgIpc) is 3.31. The van der Waals surface area contributed by atoms with E-state index in [9.17, 15) is 0 Å². The highest BCUT2D eigenvalue weighted by Crippen LogP contribution is 2.53. The highest BCUT2D eigenvalue weighted by molar-refractivity contribution is 5.79. The number of aromatic nitrogens is 3.